The first-order valence-corrected chi connectivity index (χ1v) is 12.9. The van der Waals surface area contributed by atoms with Crippen molar-refractivity contribution in [3.63, 3.8) is 0 Å². The van der Waals surface area contributed by atoms with Crippen LogP contribution in [0.1, 0.15) is 105 Å². The van der Waals surface area contributed by atoms with Crippen molar-refractivity contribution in [2.45, 2.75) is 117 Å². The maximum Gasteiger partial charge on any atom is 0.198 e. The van der Waals surface area contributed by atoms with Crippen molar-refractivity contribution in [3.05, 3.63) is 35.9 Å². The van der Waals surface area contributed by atoms with E-state index in [4.69, 9.17) is 14.2 Å². The number of unbranched alkanes of at least 4 members (excludes halogenated alkanes) is 5. The maximum atomic E-state index is 6.79. The zero-order valence-electron chi connectivity index (χ0n) is 21.1. The fourth-order valence-electron chi connectivity index (χ4n) is 4.94. The molecule has 3 heteroatoms. The van der Waals surface area contributed by atoms with Gasteiger partial charge in [0.15, 0.2) is 5.79 Å². The Labute approximate surface area is 192 Å². The fourth-order valence-corrected chi connectivity index (χ4v) is 4.94. The summed E-state index contributed by atoms with van der Waals surface area (Å²) in [7, 11) is 0. The first-order valence-electron chi connectivity index (χ1n) is 12.9. The molecule has 178 valence electrons. The summed E-state index contributed by atoms with van der Waals surface area (Å²) in [4.78, 5) is 0. The normalized spacial score (nSPS) is 17.2. The first-order chi connectivity index (χ1) is 14.9. The number of rotatable bonds is 16. The standard InChI is InChI=1S/C28H48O3/c1-7-9-10-11-12-14-19-26(20-27(8-2)21-29-22-27)28(30-23(3)4,31-24(5)6)25-17-15-13-16-18-25/h13,15-18,23-24,26H,7-12,14,19-22H2,1-6H3. The van der Waals surface area contributed by atoms with Crippen LogP contribution in [0.15, 0.2) is 30.3 Å². The van der Waals surface area contributed by atoms with Crippen LogP contribution in [-0.4, -0.2) is 25.4 Å². The molecule has 0 saturated carbocycles. The molecule has 1 atom stereocenters. The van der Waals surface area contributed by atoms with Crippen LogP contribution >= 0.6 is 0 Å². The van der Waals surface area contributed by atoms with Crippen molar-refractivity contribution in [1.29, 1.82) is 0 Å². The minimum Gasteiger partial charge on any atom is -0.380 e. The van der Waals surface area contributed by atoms with Crippen LogP contribution in [-0.2, 0) is 20.0 Å². The summed E-state index contributed by atoms with van der Waals surface area (Å²) in [5.41, 5.74) is 1.41. The van der Waals surface area contributed by atoms with Gasteiger partial charge in [-0.25, -0.2) is 0 Å². The highest BCUT2D eigenvalue weighted by atomic mass is 16.7. The molecule has 1 saturated heterocycles. The Hall–Kier alpha value is -0.900. The van der Waals surface area contributed by atoms with Gasteiger partial charge in [0, 0.05) is 16.9 Å². The summed E-state index contributed by atoms with van der Waals surface area (Å²) in [6.07, 6.45) is 11.4. The lowest BCUT2D eigenvalue weighted by Gasteiger charge is -2.49. The van der Waals surface area contributed by atoms with Crippen molar-refractivity contribution < 1.29 is 14.2 Å². The predicted molar refractivity (Wildman–Crippen MR) is 130 cm³/mol. The van der Waals surface area contributed by atoms with Gasteiger partial charge >= 0.3 is 0 Å². The van der Waals surface area contributed by atoms with E-state index in [2.05, 4.69) is 71.9 Å². The molecule has 0 spiro atoms. The van der Waals surface area contributed by atoms with E-state index in [0.29, 0.717) is 5.92 Å². The van der Waals surface area contributed by atoms with Crippen molar-refractivity contribution in [1.82, 2.24) is 0 Å². The Morgan fingerprint density at radius 2 is 1.45 bits per heavy atom. The third-order valence-electron chi connectivity index (χ3n) is 6.69. The van der Waals surface area contributed by atoms with Gasteiger partial charge in [0.2, 0.25) is 0 Å². The molecule has 31 heavy (non-hydrogen) atoms. The second-order valence-corrected chi connectivity index (χ2v) is 10.2. The summed E-state index contributed by atoms with van der Waals surface area (Å²) < 4.78 is 19.3. The van der Waals surface area contributed by atoms with Crippen molar-refractivity contribution in [2.75, 3.05) is 13.2 Å². The topological polar surface area (TPSA) is 27.7 Å². The average molecular weight is 433 g/mol. The van der Waals surface area contributed by atoms with Gasteiger partial charge in [0.25, 0.3) is 0 Å². The van der Waals surface area contributed by atoms with E-state index in [-0.39, 0.29) is 17.6 Å². The van der Waals surface area contributed by atoms with Crippen molar-refractivity contribution in [2.24, 2.45) is 11.3 Å². The summed E-state index contributed by atoms with van der Waals surface area (Å²) in [5, 5.41) is 0. The zero-order valence-corrected chi connectivity index (χ0v) is 21.1. The molecule has 0 bridgehead atoms. The maximum absolute atomic E-state index is 6.79. The molecule has 0 aromatic heterocycles. The van der Waals surface area contributed by atoms with E-state index < -0.39 is 5.79 Å². The van der Waals surface area contributed by atoms with Gasteiger partial charge in [-0.05, 0) is 47.0 Å². The summed E-state index contributed by atoms with van der Waals surface area (Å²) in [5.74, 6) is -0.417. The molecule has 1 fully saturated rings. The Morgan fingerprint density at radius 3 is 1.94 bits per heavy atom. The fraction of sp³-hybridized carbons (Fsp3) is 0.786. The minimum atomic E-state index is -0.717. The van der Waals surface area contributed by atoms with Crippen LogP contribution < -0.4 is 0 Å². The number of hydrogen-bond donors (Lipinski definition) is 0. The molecule has 0 amide bonds. The lowest BCUT2D eigenvalue weighted by molar-refractivity contribution is -0.316. The van der Waals surface area contributed by atoms with Crippen LogP contribution in [0.4, 0.5) is 0 Å². The van der Waals surface area contributed by atoms with Gasteiger partial charge in [-0.3, -0.25) is 0 Å². The highest BCUT2D eigenvalue weighted by molar-refractivity contribution is 5.22. The largest absolute Gasteiger partial charge is 0.380 e. The lowest BCUT2D eigenvalue weighted by atomic mass is 9.70. The second kappa shape index (κ2) is 13.0. The van der Waals surface area contributed by atoms with Gasteiger partial charge in [-0.1, -0.05) is 82.7 Å². The van der Waals surface area contributed by atoms with E-state index >= 15 is 0 Å². The van der Waals surface area contributed by atoms with Crippen LogP contribution in [0.2, 0.25) is 0 Å². The van der Waals surface area contributed by atoms with Gasteiger partial charge in [0.05, 0.1) is 25.4 Å². The Morgan fingerprint density at radius 1 is 0.871 bits per heavy atom. The molecular formula is C28H48O3. The molecule has 1 aromatic carbocycles. The van der Waals surface area contributed by atoms with Crippen LogP contribution in [0.3, 0.4) is 0 Å². The number of benzene rings is 1. The van der Waals surface area contributed by atoms with Gasteiger partial charge in [-0.15, -0.1) is 0 Å². The smallest absolute Gasteiger partial charge is 0.198 e. The SMILES string of the molecule is CCCCCCCCC(CC1(CC)COC1)C(OC(C)C)(OC(C)C)c1ccccc1. The third-order valence-corrected chi connectivity index (χ3v) is 6.69. The summed E-state index contributed by atoms with van der Waals surface area (Å²) >= 11 is 0. The number of hydrogen-bond acceptors (Lipinski definition) is 3. The average Bonchev–Trinajstić information content (AvgIpc) is 2.71. The van der Waals surface area contributed by atoms with Gasteiger partial charge in [0.1, 0.15) is 0 Å². The summed E-state index contributed by atoms with van der Waals surface area (Å²) in [6, 6.07) is 10.7. The van der Waals surface area contributed by atoms with Crippen LogP contribution in [0.25, 0.3) is 0 Å². The van der Waals surface area contributed by atoms with Gasteiger partial charge in [-0.2, -0.15) is 0 Å². The molecule has 1 aromatic rings. The Bertz CT molecular complexity index is 576. The number of ether oxygens (including phenoxy) is 3. The zero-order chi connectivity index (χ0) is 22.7. The summed E-state index contributed by atoms with van der Waals surface area (Å²) in [6.45, 7) is 14.8. The Balaban J connectivity index is 2.35. The minimum absolute atomic E-state index is 0.0845. The molecule has 1 aliphatic rings. The third kappa shape index (κ3) is 7.58. The van der Waals surface area contributed by atoms with Crippen molar-refractivity contribution >= 4 is 0 Å². The quantitative estimate of drug-likeness (QED) is 0.196. The van der Waals surface area contributed by atoms with E-state index in [0.717, 1.165) is 38.0 Å². The lowest BCUT2D eigenvalue weighted by Crippen LogP contribution is -2.50. The predicted octanol–water partition coefficient (Wildman–Crippen LogP) is 7.87. The molecule has 0 radical (unpaired) electrons. The van der Waals surface area contributed by atoms with Gasteiger partial charge < -0.3 is 14.2 Å². The first kappa shape index (κ1) is 26.4. The molecule has 0 aliphatic carbocycles. The van der Waals surface area contributed by atoms with Crippen LogP contribution in [0.5, 0.6) is 0 Å². The molecule has 1 unspecified atom stereocenters. The Kier molecular flexibility index (Phi) is 11.0. The highest BCUT2D eigenvalue weighted by Gasteiger charge is 2.49. The van der Waals surface area contributed by atoms with E-state index in [1.165, 1.54) is 38.5 Å². The molecule has 2 rings (SSSR count). The molecular weight excluding hydrogens is 384 g/mol. The molecule has 1 heterocycles. The van der Waals surface area contributed by atoms with E-state index in [1.54, 1.807) is 0 Å². The monoisotopic (exact) mass is 432 g/mol. The molecule has 3 nitrogen and oxygen atoms in total. The molecule has 0 N–H and O–H groups in total. The van der Waals surface area contributed by atoms with Crippen LogP contribution in [0, 0.1) is 11.3 Å². The highest BCUT2D eigenvalue weighted by Crippen LogP contribution is 2.48. The van der Waals surface area contributed by atoms with Crippen molar-refractivity contribution in [3.8, 4) is 0 Å². The van der Waals surface area contributed by atoms with E-state index in [1.807, 2.05) is 0 Å². The second-order valence-electron chi connectivity index (χ2n) is 10.2. The van der Waals surface area contributed by atoms with E-state index in [9.17, 15) is 0 Å². The molecule has 1 aliphatic heterocycles.